The van der Waals surface area contributed by atoms with Crippen molar-refractivity contribution in [3.63, 3.8) is 0 Å². The van der Waals surface area contributed by atoms with Crippen molar-refractivity contribution in [2.45, 2.75) is 12.6 Å². The minimum atomic E-state index is -5.20. The molecule has 1 aliphatic rings. The molecule has 0 aromatic carbocycles. The Hall–Kier alpha value is -2.26. The van der Waals surface area contributed by atoms with Gasteiger partial charge in [0.05, 0.1) is 22.0 Å². The molecule has 2 aromatic heterocycles. The lowest BCUT2D eigenvalue weighted by molar-refractivity contribution is -0.199. The van der Waals surface area contributed by atoms with Crippen LogP contribution in [-0.4, -0.2) is 34.3 Å². The van der Waals surface area contributed by atoms with E-state index in [2.05, 4.69) is 15.1 Å². The molecule has 0 saturated heterocycles. The van der Waals surface area contributed by atoms with Crippen molar-refractivity contribution >= 4 is 35.1 Å². The molecular weight excluding hydrogens is 386 g/mol. The van der Waals surface area contributed by atoms with Gasteiger partial charge < -0.3 is 10.2 Å². The third-order valence-corrected chi connectivity index (χ3v) is 3.96. The normalized spacial score (nSPS) is 14.0. The molecule has 25 heavy (non-hydrogen) atoms. The maximum Gasteiger partial charge on any atom is 0.493 e. The molecule has 0 radical (unpaired) electrons. The zero-order valence-electron chi connectivity index (χ0n) is 12.2. The van der Waals surface area contributed by atoms with Gasteiger partial charge in [-0.25, -0.2) is 9.78 Å². The highest BCUT2D eigenvalue weighted by molar-refractivity contribution is 6.34. The van der Waals surface area contributed by atoms with Gasteiger partial charge in [0.1, 0.15) is 5.15 Å². The quantitative estimate of drug-likeness (QED) is 0.796. The number of rotatable bonds is 2. The van der Waals surface area contributed by atoms with Crippen molar-refractivity contribution < 1.29 is 27.6 Å². The monoisotopic (exact) mass is 393 g/mol. The highest BCUT2D eigenvalue weighted by Gasteiger charge is 2.43. The van der Waals surface area contributed by atoms with Gasteiger partial charge in [-0.3, -0.25) is 4.79 Å². The summed E-state index contributed by atoms with van der Waals surface area (Å²) in [4.78, 5) is 31.5. The smallest absolute Gasteiger partial charge is 0.352 e. The van der Waals surface area contributed by atoms with Gasteiger partial charge in [-0.15, -0.1) is 0 Å². The molecule has 2 aromatic rings. The third-order valence-electron chi connectivity index (χ3n) is 3.45. The summed E-state index contributed by atoms with van der Waals surface area (Å²) in [5, 5.41) is 2.64. The van der Waals surface area contributed by atoms with Crippen molar-refractivity contribution in [1.29, 1.82) is 0 Å². The molecular formula is C14H8Cl2F3N3O3. The van der Waals surface area contributed by atoms with Crippen LogP contribution >= 0.6 is 23.2 Å². The SMILES string of the molecule is O=C1NCCc2c1cc(-c1cc(Cl)ncc1Cl)n2OC(=O)C(F)(F)F. The fourth-order valence-electron chi connectivity index (χ4n) is 2.39. The zero-order chi connectivity index (χ0) is 18.4. The molecule has 0 spiro atoms. The number of hydrogen-bond acceptors (Lipinski definition) is 4. The molecule has 132 valence electrons. The number of nitrogens with one attached hydrogen (secondary N) is 1. The van der Waals surface area contributed by atoms with E-state index in [0.29, 0.717) is 4.73 Å². The van der Waals surface area contributed by atoms with Crippen LogP contribution in [0.5, 0.6) is 0 Å². The molecule has 0 bridgehead atoms. The second-order valence-electron chi connectivity index (χ2n) is 5.05. The van der Waals surface area contributed by atoms with E-state index in [0.717, 1.165) is 0 Å². The van der Waals surface area contributed by atoms with Crippen molar-refractivity contribution in [3.05, 3.63) is 39.8 Å². The number of hydrogen-bond donors (Lipinski definition) is 1. The first-order valence-electron chi connectivity index (χ1n) is 6.82. The predicted molar refractivity (Wildman–Crippen MR) is 81.4 cm³/mol. The maximum absolute atomic E-state index is 12.6. The molecule has 3 rings (SSSR count). The minimum absolute atomic E-state index is 0.0195. The van der Waals surface area contributed by atoms with Crippen LogP contribution in [0.1, 0.15) is 16.1 Å². The number of carbonyl (C=O) groups excluding carboxylic acids is 2. The van der Waals surface area contributed by atoms with Crippen molar-refractivity contribution in [1.82, 2.24) is 15.0 Å². The van der Waals surface area contributed by atoms with Gasteiger partial charge in [-0.05, 0) is 12.1 Å². The lowest BCUT2D eigenvalue weighted by Gasteiger charge is -2.17. The number of alkyl halides is 3. The summed E-state index contributed by atoms with van der Waals surface area (Å²) in [5.74, 6) is -2.92. The minimum Gasteiger partial charge on any atom is -0.352 e. The number of fused-ring (bicyclic) bond motifs is 1. The van der Waals surface area contributed by atoms with Crippen LogP contribution in [0.3, 0.4) is 0 Å². The Morgan fingerprint density at radius 2 is 2.00 bits per heavy atom. The molecule has 1 amide bonds. The first-order valence-corrected chi connectivity index (χ1v) is 7.58. The van der Waals surface area contributed by atoms with E-state index in [1.807, 2.05) is 0 Å². The van der Waals surface area contributed by atoms with Crippen molar-refractivity contribution in [2.75, 3.05) is 6.54 Å². The number of halogens is 5. The highest BCUT2D eigenvalue weighted by Crippen LogP contribution is 2.33. The molecule has 0 fully saturated rings. The number of pyridine rings is 1. The van der Waals surface area contributed by atoms with E-state index in [1.54, 1.807) is 0 Å². The Kier molecular flexibility index (Phi) is 4.38. The lowest BCUT2D eigenvalue weighted by atomic mass is 10.1. The number of nitrogens with zero attached hydrogens (tertiary/aromatic N) is 2. The van der Waals surface area contributed by atoms with Gasteiger partial charge in [-0.2, -0.15) is 17.9 Å². The first kappa shape index (κ1) is 17.6. The van der Waals surface area contributed by atoms with Gasteiger partial charge in [-0.1, -0.05) is 23.2 Å². The molecule has 11 heteroatoms. The first-order chi connectivity index (χ1) is 11.7. The van der Waals surface area contributed by atoms with Crippen LogP contribution in [-0.2, 0) is 11.2 Å². The van der Waals surface area contributed by atoms with Crippen LogP contribution in [0.2, 0.25) is 10.2 Å². The van der Waals surface area contributed by atoms with Crippen LogP contribution in [0.25, 0.3) is 11.3 Å². The van der Waals surface area contributed by atoms with E-state index in [-0.39, 0.29) is 45.7 Å². The Morgan fingerprint density at radius 3 is 2.68 bits per heavy atom. The van der Waals surface area contributed by atoms with Crippen molar-refractivity contribution in [2.24, 2.45) is 0 Å². The fourth-order valence-corrected chi connectivity index (χ4v) is 2.75. The molecule has 6 nitrogen and oxygen atoms in total. The molecule has 1 N–H and O–H groups in total. The highest BCUT2D eigenvalue weighted by atomic mass is 35.5. The second kappa shape index (κ2) is 6.23. The third kappa shape index (κ3) is 3.29. The van der Waals surface area contributed by atoms with E-state index in [1.165, 1.54) is 18.3 Å². The zero-order valence-corrected chi connectivity index (χ0v) is 13.7. The van der Waals surface area contributed by atoms with Gasteiger partial charge in [0, 0.05) is 24.7 Å². The van der Waals surface area contributed by atoms with Crippen molar-refractivity contribution in [3.8, 4) is 11.3 Å². The van der Waals surface area contributed by atoms with Gasteiger partial charge in [0.2, 0.25) is 0 Å². The molecule has 0 aliphatic carbocycles. The summed E-state index contributed by atoms with van der Waals surface area (Å²) in [6, 6.07) is 2.57. The summed E-state index contributed by atoms with van der Waals surface area (Å²) in [7, 11) is 0. The van der Waals surface area contributed by atoms with Crippen LogP contribution in [0.15, 0.2) is 18.3 Å². The second-order valence-corrected chi connectivity index (χ2v) is 5.85. The summed E-state index contributed by atoms with van der Waals surface area (Å²) in [6.45, 7) is 0.184. The van der Waals surface area contributed by atoms with E-state index < -0.39 is 18.1 Å². The van der Waals surface area contributed by atoms with E-state index in [4.69, 9.17) is 23.2 Å². The largest absolute Gasteiger partial charge is 0.493 e. The molecule has 0 unspecified atom stereocenters. The van der Waals surface area contributed by atoms with E-state index in [9.17, 15) is 22.8 Å². The number of aromatic nitrogens is 2. The molecule has 0 saturated carbocycles. The average molecular weight is 394 g/mol. The summed E-state index contributed by atoms with van der Waals surface area (Å²) < 4.78 is 38.5. The van der Waals surface area contributed by atoms with Crippen LogP contribution < -0.4 is 10.2 Å². The fraction of sp³-hybridized carbons (Fsp3) is 0.214. The predicted octanol–water partition coefficient (Wildman–Crippen LogP) is 2.66. The summed E-state index contributed by atoms with van der Waals surface area (Å²) >= 11 is 11.8. The van der Waals surface area contributed by atoms with Gasteiger partial charge in [0.15, 0.2) is 0 Å². The maximum atomic E-state index is 12.6. The number of carbonyl (C=O) groups is 2. The van der Waals surface area contributed by atoms with E-state index >= 15 is 0 Å². The van der Waals surface area contributed by atoms with Crippen LogP contribution in [0.4, 0.5) is 13.2 Å². The summed E-state index contributed by atoms with van der Waals surface area (Å²) in [5.41, 5.74) is 0.355. The Morgan fingerprint density at radius 1 is 1.28 bits per heavy atom. The molecule has 1 aliphatic heterocycles. The summed E-state index contributed by atoms with van der Waals surface area (Å²) in [6.07, 6.45) is -3.84. The average Bonchev–Trinajstić information content (AvgIpc) is 2.89. The topological polar surface area (TPSA) is 73.2 Å². The Labute approximate surface area is 148 Å². The Bertz CT molecular complexity index is 880. The Balaban J connectivity index is 2.19. The molecule has 3 heterocycles. The van der Waals surface area contributed by atoms with Gasteiger partial charge >= 0.3 is 12.1 Å². The van der Waals surface area contributed by atoms with Crippen LogP contribution in [0, 0.1) is 0 Å². The standard InChI is InChI=1S/C14H8Cl2F3N3O3/c15-8-5-21-11(16)4-6(8)10-3-7-9(1-2-20-12(7)23)22(10)25-13(24)14(17,18)19/h3-5H,1-2H2,(H,20,23). The van der Waals surface area contributed by atoms with Gasteiger partial charge in [0.25, 0.3) is 5.91 Å². The lowest BCUT2D eigenvalue weighted by Crippen LogP contribution is -2.37. The number of amides is 1. The molecule has 0 atom stereocenters.